The average molecular weight is 384 g/mol. The van der Waals surface area contributed by atoms with Crippen molar-refractivity contribution in [2.24, 2.45) is 5.73 Å². The van der Waals surface area contributed by atoms with Gasteiger partial charge < -0.3 is 25.7 Å². The molecule has 3 amide bonds. The zero-order chi connectivity index (χ0) is 20.1. The van der Waals surface area contributed by atoms with Gasteiger partial charge in [-0.15, -0.1) is 0 Å². The van der Waals surface area contributed by atoms with Crippen LogP contribution in [0.15, 0.2) is 30.3 Å². The van der Waals surface area contributed by atoms with Gasteiger partial charge in [0.1, 0.15) is 0 Å². The first-order chi connectivity index (χ1) is 13.5. The quantitative estimate of drug-likeness (QED) is 0.687. The van der Waals surface area contributed by atoms with E-state index in [1.54, 1.807) is 35.8 Å². The Hall–Kier alpha value is -3.29. The Bertz CT molecular complexity index is 889. The fraction of sp³-hybridized carbons (Fsp3) is 0.350. The van der Waals surface area contributed by atoms with Crippen LogP contribution in [0.1, 0.15) is 52.7 Å². The molecule has 0 unspecified atom stereocenters. The van der Waals surface area contributed by atoms with E-state index in [0.717, 1.165) is 19.3 Å². The molecule has 8 nitrogen and oxygen atoms in total. The molecule has 0 saturated carbocycles. The van der Waals surface area contributed by atoms with Crippen molar-refractivity contribution in [2.75, 3.05) is 17.2 Å². The Kier molecular flexibility index (Phi) is 5.98. The van der Waals surface area contributed by atoms with Crippen LogP contribution in [-0.4, -0.2) is 29.1 Å². The summed E-state index contributed by atoms with van der Waals surface area (Å²) in [6.45, 7) is 2.45. The van der Waals surface area contributed by atoms with E-state index in [4.69, 9.17) is 10.5 Å². The molecule has 1 aliphatic rings. The van der Waals surface area contributed by atoms with Crippen LogP contribution in [0.4, 0.5) is 16.2 Å². The van der Waals surface area contributed by atoms with Crippen LogP contribution >= 0.6 is 0 Å². The highest BCUT2D eigenvalue weighted by Crippen LogP contribution is 2.33. The molecular formula is C20H24N4O4. The monoisotopic (exact) mass is 384 g/mol. The van der Waals surface area contributed by atoms with Gasteiger partial charge >= 0.3 is 12.0 Å². The molecule has 0 atom stereocenters. The molecular weight excluding hydrogens is 360 g/mol. The molecule has 0 saturated heterocycles. The number of urea groups is 1. The molecule has 0 aliphatic carbocycles. The minimum absolute atomic E-state index is 0.108. The second-order valence-corrected chi connectivity index (χ2v) is 6.54. The van der Waals surface area contributed by atoms with Gasteiger partial charge in [-0.3, -0.25) is 4.79 Å². The summed E-state index contributed by atoms with van der Waals surface area (Å²) < 4.78 is 6.95. The number of benzene rings is 1. The maximum absolute atomic E-state index is 12.7. The maximum atomic E-state index is 12.7. The number of hydrogen-bond donors (Lipinski definition) is 3. The zero-order valence-corrected chi connectivity index (χ0v) is 15.8. The molecule has 0 radical (unpaired) electrons. The van der Waals surface area contributed by atoms with E-state index in [2.05, 4.69) is 10.6 Å². The molecule has 1 aliphatic heterocycles. The molecule has 4 N–H and O–H groups in total. The third-order valence-corrected chi connectivity index (χ3v) is 4.65. The summed E-state index contributed by atoms with van der Waals surface area (Å²) in [6.07, 6.45) is 3.33. The van der Waals surface area contributed by atoms with Crippen LogP contribution < -0.4 is 16.4 Å². The van der Waals surface area contributed by atoms with Crippen molar-refractivity contribution in [3.05, 3.63) is 47.3 Å². The third-order valence-electron chi connectivity index (χ3n) is 4.65. The van der Waals surface area contributed by atoms with Gasteiger partial charge in [-0.2, -0.15) is 0 Å². The number of esters is 1. The predicted octanol–water partition coefficient (Wildman–Crippen LogP) is 3.13. The number of carbonyl (C=O) groups excluding carboxylic acids is 3. The minimum atomic E-state index is -0.684. The molecule has 28 heavy (non-hydrogen) atoms. The van der Waals surface area contributed by atoms with Crippen LogP contribution in [0.3, 0.4) is 0 Å². The highest BCUT2D eigenvalue weighted by Gasteiger charge is 2.32. The van der Waals surface area contributed by atoms with Gasteiger partial charge in [0.05, 0.1) is 17.9 Å². The molecule has 148 valence electrons. The van der Waals surface area contributed by atoms with E-state index in [-0.39, 0.29) is 23.6 Å². The molecule has 0 fully saturated rings. The fourth-order valence-corrected chi connectivity index (χ4v) is 3.51. The standard InChI is InChI=1S/C20H24N4O4/c1-2-28-19(26)17-16(23-20(27)22-13-9-5-3-6-10-13)15(18(21)25)14-11-7-4-8-12-24(14)17/h3,5-6,9-10H,2,4,7-8,11-12H2,1H3,(H2,21,25)(H2,22,23,27). The Labute approximate surface area is 163 Å². The Morgan fingerprint density at radius 1 is 1.11 bits per heavy atom. The van der Waals surface area contributed by atoms with Crippen molar-refractivity contribution in [1.82, 2.24) is 4.57 Å². The smallest absolute Gasteiger partial charge is 0.357 e. The topological polar surface area (TPSA) is 115 Å². The molecule has 0 spiro atoms. The molecule has 8 heteroatoms. The average Bonchev–Trinajstić information content (AvgIpc) is 2.78. The van der Waals surface area contributed by atoms with Gasteiger partial charge in [0.2, 0.25) is 0 Å². The lowest BCUT2D eigenvalue weighted by Crippen LogP contribution is -2.24. The number of amides is 3. The van der Waals surface area contributed by atoms with Gasteiger partial charge in [-0.05, 0) is 38.3 Å². The number of para-hydroxylation sites is 1. The molecule has 3 rings (SSSR count). The Morgan fingerprint density at radius 2 is 1.86 bits per heavy atom. The van der Waals surface area contributed by atoms with E-state index < -0.39 is 17.9 Å². The molecule has 2 aromatic rings. The largest absolute Gasteiger partial charge is 0.461 e. The fourth-order valence-electron chi connectivity index (χ4n) is 3.51. The van der Waals surface area contributed by atoms with Crippen molar-refractivity contribution >= 4 is 29.3 Å². The first kappa shape index (κ1) is 19.5. The summed E-state index contributed by atoms with van der Waals surface area (Å²) in [5, 5.41) is 5.34. The summed E-state index contributed by atoms with van der Waals surface area (Å²) in [4.78, 5) is 37.4. The number of ether oxygens (including phenoxy) is 1. The maximum Gasteiger partial charge on any atom is 0.357 e. The third kappa shape index (κ3) is 4.00. The van der Waals surface area contributed by atoms with Crippen LogP contribution in [-0.2, 0) is 17.7 Å². The van der Waals surface area contributed by atoms with E-state index in [9.17, 15) is 14.4 Å². The lowest BCUT2D eigenvalue weighted by Gasteiger charge is -2.12. The summed E-state index contributed by atoms with van der Waals surface area (Å²) in [5.41, 5.74) is 7.33. The van der Waals surface area contributed by atoms with Gasteiger partial charge in [-0.25, -0.2) is 9.59 Å². The summed E-state index contributed by atoms with van der Waals surface area (Å²) >= 11 is 0. The minimum Gasteiger partial charge on any atom is -0.461 e. The number of nitrogens with one attached hydrogen (secondary N) is 2. The lowest BCUT2D eigenvalue weighted by molar-refractivity contribution is 0.0514. The van der Waals surface area contributed by atoms with E-state index in [0.29, 0.717) is 24.3 Å². The molecule has 0 bridgehead atoms. The van der Waals surface area contributed by atoms with Gasteiger partial charge in [0.15, 0.2) is 5.69 Å². The first-order valence-electron chi connectivity index (χ1n) is 9.38. The van der Waals surface area contributed by atoms with E-state index in [1.165, 1.54) is 0 Å². The normalized spacial score (nSPS) is 13.2. The van der Waals surface area contributed by atoms with Gasteiger partial charge in [0.25, 0.3) is 5.91 Å². The number of nitrogens with two attached hydrogens (primary N) is 1. The van der Waals surface area contributed by atoms with E-state index in [1.807, 2.05) is 6.07 Å². The number of aromatic nitrogens is 1. The number of carbonyl (C=O) groups is 3. The Morgan fingerprint density at radius 3 is 2.54 bits per heavy atom. The van der Waals surface area contributed by atoms with Crippen LogP contribution in [0.5, 0.6) is 0 Å². The van der Waals surface area contributed by atoms with Crippen molar-refractivity contribution in [3.8, 4) is 0 Å². The van der Waals surface area contributed by atoms with Crippen molar-refractivity contribution in [2.45, 2.75) is 39.2 Å². The zero-order valence-electron chi connectivity index (χ0n) is 15.8. The number of fused-ring (bicyclic) bond motifs is 1. The number of anilines is 2. The summed E-state index contributed by atoms with van der Waals surface area (Å²) in [5.74, 6) is -1.27. The number of primary amides is 1. The predicted molar refractivity (Wildman–Crippen MR) is 106 cm³/mol. The van der Waals surface area contributed by atoms with E-state index >= 15 is 0 Å². The number of hydrogen-bond acceptors (Lipinski definition) is 4. The second-order valence-electron chi connectivity index (χ2n) is 6.54. The van der Waals surface area contributed by atoms with Gasteiger partial charge in [0, 0.05) is 17.9 Å². The molecule has 1 aromatic carbocycles. The van der Waals surface area contributed by atoms with Crippen molar-refractivity contribution in [1.29, 1.82) is 0 Å². The second kappa shape index (κ2) is 8.60. The number of nitrogens with zero attached hydrogens (tertiary/aromatic N) is 1. The van der Waals surface area contributed by atoms with Crippen molar-refractivity contribution < 1.29 is 19.1 Å². The molecule has 1 aromatic heterocycles. The SMILES string of the molecule is CCOC(=O)c1c(NC(=O)Nc2ccccc2)c(C(N)=O)c2n1CCCCC2. The lowest BCUT2D eigenvalue weighted by atomic mass is 10.1. The summed E-state index contributed by atoms with van der Waals surface area (Å²) in [6, 6.07) is 8.30. The van der Waals surface area contributed by atoms with Crippen molar-refractivity contribution in [3.63, 3.8) is 0 Å². The Balaban J connectivity index is 2.03. The first-order valence-corrected chi connectivity index (χ1v) is 9.38. The number of rotatable bonds is 5. The highest BCUT2D eigenvalue weighted by molar-refractivity contribution is 6.12. The van der Waals surface area contributed by atoms with Crippen LogP contribution in [0.25, 0.3) is 0 Å². The van der Waals surface area contributed by atoms with Crippen LogP contribution in [0, 0.1) is 0 Å². The highest BCUT2D eigenvalue weighted by atomic mass is 16.5. The van der Waals surface area contributed by atoms with Crippen LogP contribution in [0.2, 0.25) is 0 Å². The molecule has 2 heterocycles. The summed E-state index contributed by atoms with van der Waals surface area (Å²) in [7, 11) is 0. The van der Waals surface area contributed by atoms with Gasteiger partial charge in [-0.1, -0.05) is 24.6 Å².